The Labute approximate surface area is 106 Å². The van der Waals surface area contributed by atoms with Crippen LogP contribution in [0.2, 0.25) is 0 Å². The summed E-state index contributed by atoms with van der Waals surface area (Å²) in [6.07, 6.45) is -8.53. The summed E-state index contributed by atoms with van der Waals surface area (Å²) in [7, 11) is 0. The molecule has 0 radical (unpaired) electrons. The van der Waals surface area contributed by atoms with E-state index in [-0.39, 0.29) is 17.1 Å². The van der Waals surface area contributed by atoms with Crippen LogP contribution < -0.4 is 0 Å². The summed E-state index contributed by atoms with van der Waals surface area (Å²) in [6.45, 7) is 0. The number of aromatic nitrogens is 1. The fraction of sp³-hybridized carbons (Fsp3) is 0.333. The molecule has 0 aliphatic carbocycles. The van der Waals surface area contributed by atoms with Crippen molar-refractivity contribution in [1.82, 2.24) is 4.98 Å². The SMILES string of the molecule is O=C(O)c1cc(C(F)(F)F)c(C(F)F)nc1CBr. The first-order chi connectivity index (χ1) is 8.18. The molecule has 0 saturated carbocycles. The molecule has 0 amide bonds. The topological polar surface area (TPSA) is 50.2 Å². The molecule has 0 unspecified atom stereocenters. The number of carboxylic acid groups (broad SMARTS) is 1. The molecule has 0 bridgehead atoms. The Morgan fingerprint density at radius 3 is 2.33 bits per heavy atom. The number of hydrogen-bond acceptors (Lipinski definition) is 2. The summed E-state index contributed by atoms with van der Waals surface area (Å²) in [5, 5.41) is 8.46. The van der Waals surface area contributed by atoms with Gasteiger partial charge in [-0.05, 0) is 6.07 Å². The predicted molar refractivity (Wildman–Crippen MR) is 53.8 cm³/mol. The predicted octanol–water partition coefficient (Wildman–Crippen LogP) is 3.63. The number of carbonyl (C=O) groups is 1. The molecule has 0 saturated heterocycles. The van der Waals surface area contributed by atoms with Crippen molar-refractivity contribution in [3.63, 3.8) is 0 Å². The third kappa shape index (κ3) is 2.95. The molecule has 1 rings (SSSR count). The largest absolute Gasteiger partial charge is 0.478 e. The van der Waals surface area contributed by atoms with Gasteiger partial charge in [-0.2, -0.15) is 13.2 Å². The standard InChI is InChI=1S/C9H5BrF5NO2/c10-2-5-3(8(17)18)1-4(9(13,14)15)6(16-5)7(11)12/h1,7H,2H2,(H,17,18). The highest BCUT2D eigenvalue weighted by molar-refractivity contribution is 9.08. The molecule has 0 spiro atoms. The molecule has 3 nitrogen and oxygen atoms in total. The van der Waals surface area contributed by atoms with Crippen LogP contribution in [0.5, 0.6) is 0 Å². The van der Waals surface area contributed by atoms with Crippen LogP contribution in [0.15, 0.2) is 6.07 Å². The molecule has 0 aliphatic rings. The van der Waals surface area contributed by atoms with Crippen LogP contribution in [-0.2, 0) is 11.5 Å². The van der Waals surface area contributed by atoms with Gasteiger partial charge in [0.05, 0.1) is 16.8 Å². The van der Waals surface area contributed by atoms with Crippen LogP contribution in [-0.4, -0.2) is 16.1 Å². The first kappa shape index (κ1) is 14.8. The van der Waals surface area contributed by atoms with Gasteiger partial charge in [-0.15, -0.1) is 0 Å². The van der Waals surface area contributed by atoms with Crippen molar-refractivity contribution in [2.24, 2.45) is 0 Å². The van der Waals surface area contributed by atoms with Gasteiger partial charge in [0.15, 0.2) is 0 Å². The maximum atomic E-state index is 12.5. The highest BCUT2D eigenvalue weighted by Gasteiger charge is 2.38. The fourth-order valence-electron chi connectivity index (χ4n) is 1.25. The maximum Gasteiger partial charge on any atom is 0.418 e. The molecular weight excluding hydrogens is 329 g/mol. The van der Waals surface area contributed by atoms with Gasteiger partial charge in [0.2, 0.25) is 0 Å². The lowest BCUT2D eigenvalue weighted by molar-refractivity contribution is -0.140. The highest BCUT2D eigenvalue weighted by Crippen LogP contribution is 2.36. The molecule has 9 heteroatoms. The van der Waals surface area contributed by atoms with E-state index in [0.29, 0.717) is 0 Å². The van der Waals surface area contributed by atoms with Gasteiger partial charge in [0.1, 0.15) is 5.69 Å². The van der Waals surface area contributed by atoms with Crippen LogP contribution in [0.4, 0.5) is 22.0 Å². The van der Waals surface area contributed by atoms with Crippen molar-refractivity contribution in [3.05, 3.63) is 28.6 Å². The van der Waals surface area contributed by atoms with Crippen LogP contribution >= 0.6 is 15.9 Å². The van der Waals surface area contributed by atoms with Gasteiger partial charge in [0.25, 0.3) is 6.43 Å². The van der Waals surface area contributed by atoms with Crippen LogP contribution in [0.1, 0.15) is 33.7 Å². The fourth-order valence-corrected chi connectivity index (χ4v) is 1.68. The Bertz CT molecular complexity index is 475. The lowest BCUT2D eigenvalue weighted by Gasteiger charge is -2.14. The third-order valence-corrected chi connectivity index (χ3v) is 2.53. The first-order valence-electron chi connectivity index (χ1n) is 4.37. The van der Waals surface area contributed by atoms with Gasteiger partial charge in [-0.25, -0.2) is 18.6 Å². The van der Waals surface area contributed by atoms with E-state index in [2.05, 4.69) is 20.9 Å². The maximum absolute atomic E-state index is 12.5. The van der Waals surface area contributed by atoms with E-state index >= 15 is 0 Å². The molecule has 1 N–H and O–H groups in total. The minimum atomic E-state index is -5.09. The summed E-state index contributed by atoms with van der Waals surface area (Å²) in [6, 6.07) is 0.174. The highest BCUT2D eigenvalue weighted by atomic mass is 79.9. The van der Waals surface area contributed by atoms with Crippen molar-refractivity contribution >= 4 is 21.9 Å². The van der Waals surface area contributed by atoms with E-state index in [9.17, 15) is 26.7 Å². The molecule has 100 valence electrons. The van der Waals surface area contributed by atoms with E-state index in [1.165, 1.54) is 0 Å². The average molecular weight is 334 g/mol. The quantitative estimate of drug-likeness (QED) is 0.678. The lowest BCUT2D eigenvalue weighted by Crippen LogP contribution is -2.16. The number of pyridine rings is 1. The Kier molecular flexibility index (Phi) is 4.25. The number of rotatable bonds is 3. The second-order valence-electron chi connectivity index (χ2n) is 3.15. The van der Waals surface area contributed by atoms with E-state index < -0.39 is 35.4 Å². The first-order valence-corrected chi connectivity index (χ1v) is 5.49. The Hall–Kier alpha value is -1.25. The number of aromatic carboxylic acids is 1. The third-order valence-electron chi connectivity index (χ3n) is 2.00. The average Bonchev–Trinajstić information content (AvgIpc) is 2.25. The zero-order valence-corrected chi connectivity index (χ0v) is 10.0. The van der Waals surface area contributed by atoms with Crippen molar-refractivity contribution in [2.45, 2.75) is 17.9 Å². The monoisotopic (exact) mass is 333 g/mol. The van der Waals surface area contributed by atoms with Crippen molar-refractivity contribution in [2.75, 3.05) is 0 Å². The molecule has 0 fully saturated rings. The molecule has 1 aromatic rings. The van der Waals surface area contributed by atoms with Gasteiger partial charge in [-0.3, -0.25) is 0 Å². The number of hydrogen-bond donors (Lipinski definition) is 1. The summed E-state index contributed by atoms with van der Waals surface area (Å²) in [4.78, 5) is 13.8. The number of alkyl halides is 6. The smallest absolute Gasteiger partial charge is 0.418 e. The van der Waals surface area contributed by atoms with Crippen LogP contribution in [0.3, 0.4) is 0 Å². The molecule has 1 heterocycles. The number of halogens is 6. The summed E-state index contributed by atoms with van der Waals surface area (Å²) < 4.78 is 62.5. The van der Waals surface area contributed by atoms with E-state index in [1.54, 1.807) is 0 Å². The number of nitrogens with zero attached hydrogens (tertiary/aromatic N) is 1. The Morgan fingerprint density at radius 1 is 1.44 bits per heavy atom. The van der Waals surface area contributed by atoms with Crippen molar-refractivity contribution < 1.29 is 31.9 Å². The molecule has 0 aliphatic heterocycles. The molecule has 0 aromatic carbocycles. The summed E-state index contributed by atoms with van der Waals surface area (Å²) in [5.74, 6) is -1.66. The van der Waals surface area contributed by atoms with Crippen molar-refractivity contribution in [1.29, 1.82) is 0 Å². The normalized spacial score (nSPS) is 11.9. The minimum Gasteiger partial charge on any atom is -0.478 e. The minimum absolute atomic E-state index is 0.174. The second kappa shape index (κ2) is 5.17. The molecule has 0 atom stereocenters. The summed E-state index contributed by atoms with van der Waals surface area (Å²) in [5.41, 5.74) is -4.35. The lowest BCUT2D eigenvalue weighted by atomic mass is 10.1. The zero-order chi connectivity index (χ0) is 14.1. The van der Waals surface area contributed by atoms with Gasteiger partial charge >= 0.3 is 12.1 Å². The van der Waals surface area contributed by atoms with Gasteiger partial charge < -0.3 is 5.11 Å². The van der Waals surface area contributed by atoms with E-state index in [0.717, 1.165) is 0 Å². The van der Waals surface area contributed by atoms with Gasteiger partial charge in [-0.1, -0.05) is 15.9 Å². The molecule has 1 aromatic heterocycles. The van der Waals surface area contributed by atoms with Crippen LogP contribution in [0.25, 0.3) is 0 Å². The molecular formula is C9H5BrF5NO2. The van der Waals surface area contributed by atoms with Gasteiger partial charge in [0, 0.05) is 5.33 Å². The van der Waals surface area contributed by atoms with Crippen LogP contribution in [0, 0.1) is 0 Å². The van der Waals surface area contributed by atoms with E-state index in [4.69, 9.17) is 5.11 Å². The Balaban J connectivity index is 3.58. The number of carboxylic acids is 1. The molecule has 18 heavy (non-hydrogen) atoms. The Morgan fingerprint density at radius 2 is 2.00 bits per heavy atom. The second-order valence-corrected chi connectivity index (χ2v) is 3.71. The van der Waals surface area contributed by atoms with E-state index in [1.807, 2.05) is 0 Å². The summed E-state index contributed by atoms with van der Waals surface area (Å²) >= 11 is 2.78. The van der Waals surface area contributed by atoms with Crippen molar-refractivity contribution in [3.8, 4) is 0 Å². The zero-order valence-electron chi connectivity index (χ0n) is 8.43.